The van der Waals surface area contributed by atoms with Crippen LogP contribution in [0, 0.1) is 6.92 Å². The largest absolute Gasteiger partial charge is 0.465 e. The molecular formula is C17H15ClN2O2. The molecule has 2 aromatic heterocycles. The van der Waals surface area contributed by atoms with E-state index in [2.05, 4.69) is 4.98 Å². The van der Waals surface area contributed by atoms with Crippen LogP contribution in [0.1, 0.15) is 15.9 Å². The van der Waals surface area contributed by atoms with Crippen molar-refractivity contribution in [1.82, 2.24) is 9.55 Å². The Morgan fingerprint density at radius 1 is 1.23 bits per heavy atom. The van der Waals surface area contributed by atoms with Crippen LogP contribution in [-0.2, 0) is 11.8 Å². The van der Waals surface area contributed by atoms with E-state index in [1.807, 2.05) is 44.4 Å². The summed E-state index contributed by atoms with van der Waals surface area (Å²) in [5.74, 6) is -0.393. The van der Waals surface area contributed by atoms with Gasteiger partial charge in [-0.2, -0.15) is 0 Å². The predicted octanol–water partition coefficient (Wildman–Crippen LogP) is 3.99. The number of hydrogen-bond acceptors (Lipinski definition) is 3. The number of benzene rings is 1. The van der Waals surface area contributed by atoms with E-state index in [9.17, 15) is 4.79 Å². The van der Waals surface area contributed by atoms with Gasteiger partial charge >= 0.3 is 5.97 Å². The van der Waals surface area contributed by atoms with Crippen LogP contribution in [0.3, 0.4) is 0 Å². The zero-order valence-electron chi connectivity index (χ0n) is 12.6. The van der Waals surface area contributed by atoms with Crippen molar-refractivity contribution >= 4 is 28.5 Å². The molecule has 0 spiro atoms. The molecule has 0 atom stereocenters. The minimum absolute atomic E-state index is 0.370. The molecule has 0 aliphatic heterocycles. The third kappa shape index (κ3) is 2.46. The summed E-state index contributed by atoms with van der Waals surface area (Å²) < 4.78 is 6.64. The van der Waals surface area contributed by atoms with Gasteiger partial charge in [-0.3, -0.25) is 0 Å². The van der Waals surface area contributed by atoms with Gasteiger partial charge in [0.1, 0.15) is 5.15 Å². The Hall–Kier alpha value is -2.33. The van der Waals surface area contributed by atoms with E-state index in [1.165, 1.54) is 7.11 Å². The van der Waals surface area contributed by atoms with Crippen LogP contribution in [0.15, 0.2) is 36.7 Å². The first-order chi connectivity index (χ1) is 10.5. The molecule has 0 aliphatic carbocycles. The number of carbonyl (C=O) groups is 1. The molecule has 0 radical (unpaired) electrons. The highest BCUT2D eigenvalue weighted by Gasteiger charge is 2.18. The van der Waals surface area contributed by atoms with Crippen LogP contribution in [0.5, 0.6) is 0 Å². The number of aromatic nitrogens is 2. The maximum atomic E-state index is 11.9. The second kappa shape index (κ2) is 5.46. The molecule has 22 heavy (non-hydrogen) atoms. The van der Waals surface area contributed by atoms with Crippen molar-refractivity contribution in [1.29, 1.82) is 0 Å². The molecular weight excluding hydrogens is 300 g/mol. The van der Waals surface area contributed by atoms with Gasteiger partial charge in [0, 0.05) is 36.0 Å². The lowest BCUT2D eigenvalue weighted by atomic mass is 10.0. The molecule has 0 unspecified atom stereocenters. The topological polar surface area (TPSA) is 44.1 Å². The Kier molecular flexibility index (Phi) is 3.62. The van der Waals surface area contributed by atoms with Crippen LogP contribution in [-0.4, -0.2) is 22.6 Å². The number of nitrogens with zero attached hydrogens (tertiary/aromatic N) is 2. The third-order valence-corrected chi connectivity index (χ3v) is 3.87. The second-order valence-corrected chi connectivity index (χ2v) is 5.62. The van der Waals surface area contributed by atoms with E-state index >= 15 is 0 Å². The lowest BCUT2D eigenvalue weighted by molar-refractivity contribution is 0.0601. The molecule has 112 valence electrons. The van der Waals surface area contributed by atoms with Gasteiger partial charge in [0.15, 0.2) is 0 Å². The summed E-state index contributed by atoms with van der Waals surface area (Å²) in [6, 6.07) is 7.95. The van der Waals surface area contributed by atoms with Crippen molar-refractivity contribution in [2.75, 3.05) is 7.11 Å². The molecule has 3 aromatic rings. The van der Waals surface area contributed by atoms with Gasteiger partial charge in [0.2, 0.25) is 0 Å². The molecule has 0 aliphatic rings. The molecule has 1 aromatic carbocycles. The Morgan fingerprint density at radius 3 is 2.73 bits per heavy atom. The highest BCUT2D eigenvalue weighted by atomic mass is 35.5. The number of aryl methyl sites for hydroxylation is 2. The van der Waals surface area contributed by atoms with Crippen molar-refractivity contribution in [2.45, 2.75) is 6.92 Å². The summed E-state index contributed by atoms with van der Waals surface area (Å²) in [6.07, 6.45) is 3.56. The molecule has 0 saturated heterocycles. The Bertz CT molecular complexity index is 884. The molecule has 2 heterocycles. The van der Waals surface area contributed by atoms with Gasteiger partial charge in [0.25, 0.3) is 0 Å². The average Bonchev–Trinajstić information content (AvgIpc) is 2.87. The van der Waals surface area contributed by atoms with Gasteiger partial charge in [-0.15, -0.1) is 0 Å². The summed E-state index contributed by atoms with van der Waals surface area (Å²) in [5, 5.41) is 1.35. The van der Waals surface area contributed by atoms with Gasteiger partial charge in [-0.05, 0) is 24.6 Å². The monoisotopic (exact) mass is 314 g/mol. The number of hydrogen-bond donors (Lipinski definition) is 0. The standard InChI is InChI=1S/C17H15ClN2O2/c1-10-4-5-11-7-12(16(18)19-15(11)6-10)13-8-20(2)9-14(13)17(21)22-3/h4-9H,1-3H3. The van der Waals surface area contributed by atoms with E-state index in [0.717, 1.165) is 22.0 Å². The van der Waals surface area contributed by atoms with E-state index in [1.54, 1.807) is 10.8 Å². The number of fused-ring (bicyclic) bond motifs is 1. The van der Waals surface area contributed by atoms with Crippen molar-refractivity contribution in [3.8, 4) is 11.1 Å². The summed E-state index contributed by atoms with van der Waals surface area (Å²) in [4.78, 5) is 16.4. The van der Waals surface area contributed by atoms with Gasteiger partial charge in [0.05, 0.1) is 18.2 Å². The highest BCUT2D eigenvalue weighted by Crippen LogP contribution is 2.33. The first-order valence-corrected chi connectivity index (χ1v) is 7.19. The van der Waals surface area contributed by atoms with Gasteiger partial charge < -0.3 is 9.30 Å². The fourth-order valence-electron chi connectivity index (χ4n) is 2.51. The normalized spacial score (nSPS) is 10.9. The van der Waals surface area contributed by atoms with Crippen molar-refractivity contribution in [3.05, 3.63) is 52.9 Å². The van der Waals surface area contributed by atoms with Crippen molar-refractivity contribution < 1.29 is 9.53 Å². The van der Waals surface area contributed by atoms with Crippen LogP contribution in [0.25, 0.3) is 22.0 Å². The summed E-state index contributed by atoms with van der Waals surface area (Å²) in [7, 11) is 3.21. The quantitative estimate of drug-likeness (QED) is 0.530. The third-order valence-electron chi connectivity index (χ3n) is 3.58. The van der Waals surface area contributed by atoms with Crippen LogP contribution in [0.2, 0.25) is 5.15 Å². The van der Waals surface area contributed by atoms with Crippen molar-refractivity contribution in [2.24, 2.45) is 7.05 Å². The second-order valence-electron chi connectivity index (χ2n) is 5.27. The number of methoxy groups -OCH3 is 1. The highest BCUT2D eigenvalue weighted by molar-refractivity contribution is 6.33. The fourth-order valence-corrected chi connectivity index (χ4v) is 2.76. The van der Waals surface area contributed by atoms with Crippen LogP contribution in [0.4, 0.5) is 0 Å². The van der Waals surface area contributed by atoms with Crippen LogP contribution < -0.4 is 0 Å². The molecule has 4 nitrogen and oxygen atoms in total. The number of rotatable bonds is 2. The lowest BCUT2D eigenvalue weighted by Crippen LogP contribution is -2.01. The lowest BCUT2D eigenvalue weighted by Gasteiger charge is -2.07. The number of carbonyl (C=O) groups excluding carboxylic acids is 1. The first kappa shape index (κ1) is 14.6. The van der Waals surface area contributed by atoms with E-state index in [0.29, 0.717) is 16.3 Å². The number of pyridine rings is 1. The Labute approximate surface area is 133 Å². The number of ether oxygens (including phenoxy) is 1. The molecule has 0 amide bonds. The number of halogens is 1. The Balaban J connectivity index is 2.24. The van der Waals surface area contributed by atoms with Gasteiger partial charge in [-0.25, -0.2) is 9.78 Å². The number of esters is 1. The zero-order chi connectivity index (χ0) is 15.9. The van der Waals surface area contributed by atoms with E-state index in [4.69, 9.17) is 16.3 Å². The maximum absolute atomic E-state index is 11.9. The van der Waals surface area contributed by atoms with Crippen LogP contribution >= 0.6 is 11.6 Å². The molecule has 0 bridgehead atoms. The van der Waals surface area contributed by atoms with E-state index < -0.39 is 5.97 Å². The van der Waals surface area contributed by atoms with E-state index in [-0.39, 0.29) is 0 Å². The molecule has 0 saturated carbocycles. The SMILES string of the molecule is COC(=O)c1cn(C)cc1-c1cc2ccc(C)cc2nc1Cl. The molecule has 0 fully saturated rings. The minimum atomic E-state index is -0.393. The molecule has 5 heteroatoms. The maximum Gasteiger partial charge on any atom is 0.340 e. The molecule has 0 N–H and O–H groups in total. The Morgan fingerprint density at radius 2 is 2.00 bits per heavy atom. The van der Waals surface area contributed by atoms with Crippen molar-refractivity contribution in [3.63, 3.8) is 0 Å². The summed E-state index contributed by atoms with van der Waals surface area (Å²) >= 11 is 6.35. The first-order valence-electron chi connectivity index (χ1n) is 6.81. The predicted molar refractivity (Wildman–Crippen MR) is 87.2 cm³/mol. The molecule has 3 rings (SSSR count). The average molecular weight is 315 g/mol. The van der Waals surface area contributed by atoms with Gasteiger partial charge in [-0.1, -0.05) is 23.7 Å². The smallest absolute Gasteiger partial charge is 0.340 e. The zero-order valence-corrected chi connectivity index (χ0v) is 13.3. The summed E-state index contributed by atoms with van der Waals surface area (Å²) in [5.41, 5.74) is 3.87. The summed E-state index contributed by atoms with van der Waals surface area (Å²) in [6.45, 7) is 2.01. The minimum Gasteiger partial charge on any atom is -0.465 e. The fraction of sp³-hybridized carbons (Fsp3) is 0.176.